The number of nitrogens with one attached hydrogen (secondary N) is 2. The molecule has 0 spiro atoms. The second-order valence-corrected chi connectivity index (χ2v) is 8.90. The number of carbonyl (C=O) groups is 2. The van der Waals surface area contributed by atoms with Crippen molar-refractivity contribution >= 4 is 17.5 Å². The quantitative estimate of drug-likeness (QED) is 0.329. The predicted octanol–water partition coefficient (Wildman–Crippen LogP) is 4.97. The zero-order valence-electron chi connectivity index (χ0n) is 20.2. The number of amides is 2. The van der Waals surface area contributed by atoms with Crippen LogP contribution >= 0.6 is 0 Å². The lowest BCUT2D eigenvalue weighted by atomic mass is 9.88. The molecule has 0 bridgehead atoms. The average molecular weight is 496 g/mol. The highest BCUT2D eigenvalue weighted by Crippen LogP contribution is 2.47. The largest absolute Gasteiger partial charge is 0.484 e. The van der Waals surface area contributed by atoms with Crippen LogP contribution in [0.2, 0.25) is 0 Å². The normalized spacial score (nSPS) is 15.9. The van der Waals surface area contributed by atoms with Crippen molar-refractivity contribution in [2.24, 2.45) is 0 Å². The third-order valence-corrected chi connectivity index (χ3v) is 6.58. The molecule has 4 aromatic carbocycles. The van der Waals surface area contributed by atoms with E-state index < -0.39 is 12.0 Å². The number of carbonyl (C=O) groups excluding carboxylic acids is 2. The number of halogens is 1. The Kier molecular flexibility index (Phi) is 6.60. The van der Waals surface area contributed by atoms with E-state index in [0.717, 1.165) is 22.3 Å². The lowest BCUT2D eigenvalue weighted by Gasteiger charge is -2.18. The maximum atomic E-state index is 13.5. The molecule has 2 amide bonds. The summed E-state index contributed by atoms with van der Waals surface area (Å²) in [7, 11) is 1.58. The summed E-state index contributed by atoms with van der Waals surface area (Å²) in [4.78, 5) is 25.8. The second kappa shape index (κ2) is 10.1. The molecule has 0 saturated carbocycles. The summed E-state index contributed by atoms with van der Waals surface area (Å²) < 4.78 is 19.6. The first kappa shape index (κ1) is 24.1. The summed E-state index contributed by atoms with van der Waals surface area (Å²) >= 11 is 0. The van der Waals surface area contributed by atoms with Crippen LogP contribution < -0.4 is 21.1 Å². The fourth-order valence-corrected chi connectivity index (χ4v) is 4.61. The zero-order valence-corrected chi connectivity index (χ0v) is 20.2. The highest BCUT2D eigenvalue weighted by atomic mass is 19.1. The lowest BCUT2D eigenvalue weighted by molar-refractivity contribution is -0.123. The molecule has 0 saturated heterocycles. The zero-order chi connectivity index (χ0) is 25.9. The van der Waals surface area contributed by atoms with Crippen LogP contribution in [0.15, 0.2) is 91.0 Å². The molecule has 186 valence electrons. The first-order valence-electron chi connectivity index (χ1n) is 11.9. The number of nitrogen functional groups attached to an aromatic ring is 1. The molecule has 4 N–H and O–H groups in total. The number of nitrogens with two attached hydrogens (primary N) is 1. The van der Waals surface area contributed by atoms with Crippen LogP contribution in [0.25, 0.3) is 11.1 Å². The van der Waals surface area contributed by atoms with Crippen molar-refractivity contribution in [2.45, 2.75) is 18.6 Å². The van der Waals surface area contributed by atoms with Gasteiger partial charge in [0.15, 0.2) is 0 Å². The molecule has 37 heavy (non-hydrogen) atoms. The molecule has 0 aliphatic carbocycles. The maximum Gasteiger partial charge on any atom is 0.251 e. The highest BCUT2D eigenvalue weighted by Gasteiger charge is 2.40. The fourth-order valence-electron chi connectivity index (χ4n) is 4.61. The van der Waals surface area contributed by atoms with E-state index in [1.165, 1.54) is 12.1 Å². The maximum absolute atomic E-state index is 13.5. The molecular weight excluding hydrogens is 469 g/mol. The molecule has 0 fully saturated rings. The third-order valence-electron chi connectivity index (χ3n) is 6.58. The van der Waals surface area contributed by atoms with Gasteiger partial charge in [0.2, 0.25) is 5.91 Å². The summed E-state index contributed by atoms with van der Waals surface area (Å²) in [6.45, 7) is 0.324. The van der Waals surface area contributed by atoms with E-state index in [2.05, 4.69) is 10.6 Å². The molecular formula is C30H26FN3O3. The number of ether oxygens (including phenoxy) is 1. The van der Waals surface area contributed by atoms with E-state index in [-0.39, 0.29) is 17.6 Å². The Bertz CT molecular complexity index is 1470. The van der Waals surface area contributed by atoms with E-state index in [1.54, 1.807) is 31.3 Å². The van der Waals surface area contributed by atoms with Gasteiger partial charge < -0.3 is 21.1 Å². The van der Waals surface area contributed by atoms with Crippen molar-refractivity contribution in [1.82, 2.24) is 10.6 Å². The number of benzene rings is 4. The van der Waals surface area contributed by atoms with Gasteiger partial charge in [-0.3, -0.25) is 9.59 Å². The molecule has 0 aromatic heterocycles. The van der Waals surface area contributed by atoms with E-state index in [9.17, 15) is 14.0 Å². The average Bonchev–Trinajstić information content (AvgIpc) is 3.31. The SMILES string of the molecule is CNC(=O)C1c2cc(-c3cccc(C(=O)NCc4ccccc4N)c3)ccc2OC1c1ccc(F)cc1. The van der Waals surface area contributed by atoms with Gasteiger partial charge in [-0.2, -0.15) is 0 Å². The summed E-state index contributed by atoms with van der Waals surface area (Å²) in [5.74, 6) is -0.767. The summed E-state index contributed by atoms with van der Waals surface area (Å²) in [5, 5.41) is 5.63. The third kappa shape index (κ3) is 4.89. The number of likely N-dealkylation sites (N-methyl/N-ethyl adjacent to an activating group) is 1. The number of hydrogen-bond donors (Lipinski definition) is 3. The summed E-state index contributed by atoms with van der Waals surface area (Å²) in [6, 6.07) is 26.3. The Morgan fingerprint density at radius 2 is 1.68 bits per heavy atom. The van der Waals surface area contributed by atoms with Crippen molar-refractivity contribution in [3.05, 3.63) is 119 Å². The Labute approximate surface area is 214 Å². The predicted molar refractivity (Wildman–Crippen MR) is 140 cm³/mol. The van der Waals surface area contributed by atoms with E-state index >= 15 is 0 Å². The Morgan fingerprint density at radius 1 is 0.919 bits per heavy atom. The molecule has 5 rings (SSSR count). The van der Waals surface area contributed by atoms with Gasteiger partial charge in [0.25, 0.3) is 5.91 Å². The molecule has 7 heteroatoms. The molecule has 4 aromatic rings. The molecule has 0 radical (unpaired) electrons. The topological polar surface area (TPSA) is 93.5 Å². The number of rotatable bonds is 6. The summed E-state index contributed by atoms with van der Waals surface area (Å²) in [6.07, 6.45) is -0.576. The van der Waals surface area contributed by atoms with Gasteiger partial charge in [-0.1, -0.05) is 48.5 Å². The van der Waals surface area contributed by atoms with E-state index in [1.807, 2.05) is 54.6 Å². The first-order valence-corrected chi connectivity index (χ1v) is 11.9. The van der Waals surface area contributed by atoms with Crippen LogP contribution in [0.4, 0.5) is 10.1 Å². The van der Waals surface area contributed by atoms with Gasteiger partial charge in [0.05, 0.1) is 0 Å². The molecule has 2 atom stereocenters. The van der Waals surface area contributed by atoms with Crippen LogP contribution in [-0.2, 0) is 11.3 Å². The lowest BCUT2D eigenvalue weighted by Crippen LogP contribution is -2.28. The highest BCUT2D eigenvalue weighted by molar-refractivity contribution is 5.95. The van der Waals surface area contributed by atoms with E-state index in [4.69, 9.17) is 10.5 Å². The molecule has 2 unspecified atom stereocenters. The smallest absolute Gasteiger partial charge is 0.251 e. The van der Waals surface area contributed by atoms with Gasteiger partial charge in [-0.15, -0.1) is 0 Å². The van der Waals surface area contributed by atoms with Crippen LogP contribution in [0, 0.1) is 5.82 Å². The standard InChI is InChI=1S/C30H26FN3O3/c1-33-30(36)27-24-16-20(11-14-26(24)37-28(27)18-9-12-23(31)13-10-18)19-6-4-7-21(15-19)29(35)34-17-22-5-2-3-8-25(22)32/h2-16,27-28H,17,32H2,1H3,(H,33,36)(H,34,35). The van der Waals surface area contributed by atoms with Crippen molar-refractivity contribution in [1.29, 1.82) is 0 Å². The van der Waals surface area contributed by atoms with Crippen molar-refractivity contribution in [3.8, 4) is 16.9 Å². The minimum atomic E-state index is -0.603. The Balaban J connectivity index is 1.41. The number of hydrogen-bond acceptors (Lipinski definition) is 4. The minimum Gasteiger partial charge on any atom is -0.484 e. The van der Waals surface area contributed by atoms with Crippen LogP contribution in [0.5, 0.6) is 5.75 Å². The Hall–Kier alpha value is -4.65. The Morgan fingerprint density at radius 3 is 2.43 bits per heavy atom. The fraction of sp³-hybridized carbons (Fsp3) is 0.133. The summed E-state index contributed by atoms with van der Waals surface area (Å²) in [5.41, 5.74) is 11.1. The minimum absolute atomic E-state index is 0.196. The van der Waals surface area contributed by atoms with Crippen molar-refractivity contribution in [2.75, 3.05) is 12.8 Å². The van der Waals surface area contributed by atoms with Crippen LogP contribution in [0.1, 0.15) is 39.1 Å². The number of para-hydroxylation sites is 1. The second-order valence-electron chi connectivity index (χ2n) is 8.90. The van der Waals surface area contributed by atoms with E-state index in [0.29, 0.717) is 29.1 Å². The van der Waals surface area contributed by atoms with Crippen LogP contribution in [0.3, 0.4) is 0 Å². The van der Waals surface area contributed by atoms with Gasteiger partial charge in [0, 0.05) is 30.4 Å². The van der Waals surface area contributed by atoms with Crippen molar-refractivity contribution < 1.29 is 18.7 Å². The monoisotopic (exact) mass is 495 g/mol. The number of anilines is 1. The van der Waals surface area contributed by atoms with Gasteiger partial charge >= 0.3 is 0 Å². The molecule has 1 aliphatic rings. The molecule has 6 nitrogen and oxygen atoms in total. The van der Waals surface area contributed by atoms with Gasteiger partial charge in [0.1, 0.15) is 23.6 Å². The molecule has 1 aliphatic heterocycles. The van der Waals surface area contributed by atoms with Crippen molar-refractivity contribution in [3.63, 3.8) is 0 Å². The first-order chi connectivity index (χ1) is 17.9. The molecule has 1 heterocycles. The van der Waals surface area contributed by atoms with Crippen LogP contribution in [-0.4, -0.2) is 18.9 Å². The van der Waals surface area contributed by atoms with Gasteiger partial charge in [-0.25, -0.2) is 4.39 Å². The number of fused-ring (bicyclic) bond motifs is 1. The van der Waals surface area contributed by atoms with Gasteiger partial charge in [-0.05, 0) is 64.7 Å².